The molecule has 19 heavy (non-hydrogen) atoms. The summed E-state index contributed by atoms with van der Waals surface area (Å²) in [7, 11) is 0. The first kappa shape index (κ1) is 14.7. The molecule has 0 saturated heterocycles. The van der Waals surface area contributed by atoms with Crippen LogP contribution in [0.4, 0.5) is 4.39 Å². The van der Waals surface area contributed by atoms with Gasteiger partial charge in [0.2, 0.25) is 0 Å². The van der Waals surface area contributed by atoms with Crippen molar-refractivity contribution in [3.63, 3.8) is 0 Å². The van der Waals surface area contributed by atoms with E-state index in [4.69, 9.17) is 0 Å². The van der Waals surface area contributed by atoms with E-state index < -0.39 is 0 Å². The summed E-state index contributed by atoms with van der Waals surface area (Å²) in [4.78, 5) is 2.57. The number of hydrogen-bond donors (Lipinski definition) is 1. The molecule has 2 rings (SSSR count). The van der Waals surface area contributed by atoms with Gasteiger partial charge in [0, 0.05) is 31.9 Å². The SMILES string of the molecule is Cc1ccc(C(C)NC(C)c2cc(Br)ccc2F)s1. The molecule has 0 amide bonds. The van der Waals surface area contributed by atoms with Gasteiger partial charge in [0.05, 0.1) is 0 Å². The van der Waals surface area contributed by atoms with Crippen LogP contribution in [0.5, 0.6) is 0 Å². The smallest absolute Gasteiger partial charge is 0.128 e. The molecule has 0 aliphatic rings. The largest absolute Gasteiger partial charge is 0.303 e. The number of rotatable bonds is 4. The monoisotopic (exact) mass is 341 g/mol. The van der Waals surface area contributed by atoms with Gasteiger partial charge in [-0.15, -0.1) is 11.3 Å². The van der Waals surface area contributed by atoms with Crippen LogP contribution in [-0.2, 0) is 0 Å². The van der Waals surface area contributed by atoms with Crippen LogP contribution in [0.1, 0.15) is 41.2 Å². The third-order valence-corrected chi connectivity index (χ3v) is 4.79. The van der Waals surface area contributed by atoms with E-state index in [9.17, 15) is 4.39 Å². The summed E-state index contributed by atoms with van der Waals surface area (Å²) in [6.07, 6.45) is 0. The highest BCUT2D eigenvalue weighted by molar-refractivity contribution is 9.10. The first-order valence-electron chi connectivity index (χ1n) is 6.24. The van der Waals surface area contributed by atoms with Crippen molar-refractivity contribution >= 4 is 27.3 Å². The third-order valence-electron chi connectivity index (χ3n) is 3.11. The standard InChI is InChI=1S/C15H17BrFNS/c1-9-4-7-15(19-9)11(3)18-10(2)13-8-12(16)5-6-14(13)17/h4-8,10-11,18H,1-3H3. The van der Waals surface area contributed by atoms with Crippen molar-refractivity contribution in [1.82, 2.24) is 5.32 Å². The van der Waals surface area contributed by atoms with E-state index in [1.807, 2.05) is 13.0 Å². The van der Waals surface area contributed by atoms with Gasteiger partial charge in [-0.2, -0.15) is 0 Å². The molecule has 0 fully saturated rings. The van der Waals surface area contributed by atoms with E-state index in [2.05, 4.69) is 47.2 Å². The van der Waals surface area contributed by atoms with Gasteiger partial charge < -0.3 is 5.32 Å². The zero-order chi connectivity index (χ0) is 14.0. The summed E-state index contributed by atoms with van der Waals surface area (Å²) < 4.78 is 14.7. The average Bonchev–Trinajstić information content (AvgIpc) is 2.79. The molecule has 0 spiro atoms. The third kappa shape index (κ3) is 3.65. The van der Waals surface area contributed by atoms with Crippen LogP contribution in [0.15, 0.2) is 34.8 Å². The van der Waals surface area contributed by atoms with Crippen LogP contribution in [0, 0.1) is 12.7 Å². The quantitative estimate of drug-likeness (QED) is 0.788. The minimum Gasteiger partial charge on any atom is -0.303 e. The number of aryl methyl sites for hydroxylation is 1. The summed E-state index contributed by atoms with van der Waals surface area (Å²) in [6, 6.07) is 9.47. The fourth-order valence-electron chi connectivity index (χ4n) is 2.08. The van der Waals surface area contributed by atoms with Crippen LogP contribution < -0.4 is 5.32 Å². The van der Waals surface area contributed by atoms with Gasteiger partial charge in [0.25, 0.3) is 0 Å². The molecule has 2 atom stereocenters. The first-order valence-corrected chi connectivity index (χ1v) is 7.85. The average molecular weight is 342 g/mol. The Labute approximate surface area is 126 Å². The van der Waals surface area contributed by atoms with Gasteiger partial charge in [0.15, 0.2) is 0 Å². The fourth-order valence-corrected chi connectivity index (χ4v) is 3.35. The van der Waals surface area contributed by atoms with Gasteiger partial charge in [-0.3, -0.25) is 0 Å². The van der Waals surface area contributed by atoms with Crippen molar-refractivity contribution in [3.8, 4) is 0 Å². The molecule has 1 N–H and O–H groups in total. The highest BCUT2D eigenvalue weighted by Crippen LogP contribution is 2.27. The molecular formula is C15H17BrFNS. The molecule has 102 valence electrons. The van der Waals surface area contributed by atoms with Crippen molar-refractivity contribution in [2.45, 2.75) is 32.9 Å². The van der Waals surface area contributed by atoms with E-state index in [0.717, 1.165) is 4.47 Å². The fraction of sp³-hybridized carbons (Fsp3) is 0.333. The van der Waals surface area contributed by atoms with Crippen LogP contribution in [-0.4, -0.2) is 0 Å². The maximum Gasteiger partial charge on any atom is 0.128 e. The molecule has 0 saturated carbocycles. The highest BCUT2D eigenvalue weighted by atomic mass is 79.9. The molecule has 1 nitrogen and oxygen atoms in total. The Hall–Kier alpha value is -0.710. The zero-order valence-corrected chi connectivity index (χ0v) is 13.6. The summed E-state index contributed by atoms with van der Waals surface area (Å²) in [5.41, 5.74) is 0.689. The van der Waals surface area contributed by atoms with E-state index >= 15 is 0 Å². The van der Waals surface area contributed by atoms with Gasteiger partial charge in [-0.25, -0.2) is 4.39 Å². The molecule has 1 heterocycles. The Morgan fingerprint density at radius 2 is 1.89 bits per heavy atom. The summed E-state index contributed by atoms with van der Waals surface area (Å²) in [5.74, 6) is -0.169. The zero-order valence-electron chi connectivity index (χ0n) is 11.2. The first-order chi connectivity index (χ1) is 8.97. The topological polar surface area (TPSA) is 12.0 Å². The lowest BCUT2D eigenvalue weighted by molar-refractivity contribution is 0.478. The molecule has 0 aliphatic carbocycles. The Kier molecular flexibility index (Phi) is 4.76. The summed E-state index contributed by atoms with van der Waals surface area (Å²) in [6.45, 7) is 6.19. The van der Waals surface area contributed by atoms with Crippen LogP contribution in [0.2, 0.25) is 0 Å². The molecule has 2 unspecified atom stereocenters. The maximum atomic E-state index is 13.8. The molecule has 0 aliphatic heterocycles. The predicted octanol–water partition coefficient (Wildman–Crippen LogP) is 5.37. The lowest BCUT2D eigenvalue weighted by Gasteiger charge is -2.20. The normalized spacial score (nSPS) is 14.4. The number of nitrogens with one attached hydrogen (secondary N) is 1. The van der Waals surface area contributed by atoms with Gasteiger partial charge in [-0.05, 0) is 51.1 Å². The Bertz CT molecular complexity index is 567. The maximum absolute atomic E-state index is 13.8. The number of hydrogen-bond acceptors (Lipinski definition) is 2. The van der Waals surface area contributed by atoms with E-state index in [1.54, 1.807) is 17.4 Å². The molecule has 0 radical (unpaired) electrons. The Balaban J connectivity index is 2.12. The lowest BCUT2D eigenvalue weighted by atomic mass is 10.1. The van der Waals surface area contributed by atoms with E-state index in [1.165, 1.54) is 15.8 Å². The van der Waals surface area contributed by atoms with E-state index in [0.29, 0.717) is 5.56 Å². The second-order valence-corrected chi connectivity index (χ2v) is 6.96. The Morgan fingerprint density at radius 3 is 2.53 bits per heavy atom. The van der Waals surface area contributed by atoms with Crippen molar-refractivity contribution in [2.24, 2.45) is 0 Å². The van der Waals surface area contributed by atoms with Gasteiger partial charge >= 0.3 is 0 Å². The minimum atomic E-state index is -0.169. The van der Waals surface area contributed by atoms with Crippen molar-refractivity contribution in [1.29, 1.82) is 0 Å². The second kappa shape index (κ2) is 6.16. The molecule has 0 bridgehead atoms. The summed E-state index contributed by atoms with van der Waals surface area (Å²) >= 11 is 5.16. The van der Waals surface area contributed by atoms with Crippen molar-refractivity contribution < 1.29 is 4.39 Å². The second-order valence-electron chi connectivity index (χ2n) is 4.72. The molecule has 1 aromatic carbocycles. The number of halogens is 2. The molecule has 4 heteroatoms. The number of thiophene rings is 1. The minimum absolute atomic E-state index is 0.0325. The van der Waals surface area contributed by atoms with Crippen LogP contribution in [0.25, 0.3) is 0 Å². The predicted molar refractivity (Wildman–Crippen MR) is 83.1 cm³/mol. The highest BCUT2D eigenvalue weighted by Gasteiger charge is 2.15. The van der Waals surface area contributed by atoms with Gasteiger partial charge in [0.1, 0.15) is 5.82 Å². The molecule has 1 aromatic heterocycles. The van der Waals surface area contributed by atoms with Crippen LogP contribution >= 0.6 is 27.3 Å². The van der Waals surface area contributed by atoms with Gasteiger partial charge in [-0.1, -0.05) is 15.9 Å². The van der Waals surface area contributed by atoms with E-state index in [-0.39, 0.29) is 17.9 Å². The summed E-state index contributed by atoms with van der Waals surface area (Å²) in [5, 5.41) is 3.44. The van der Waals surface area contributed by atoms with Crippen LogP contribution in [0.3, 0.4) is 0 Å². The number of benzene rings is 1. The molecular weight excluding hydrogens is 325 g/mol. The molecule has 2 aromatic rings. The van der Waals surface area contributed by atoms with Crippen molar-refractivity contribution in [3.05, 3.63) is 55.9 Å². The van der Waals surface area contributed by atoms with Crippen molar-refractivity contribution in [2.75, 3.05) is 0 Å². The Morgan fingerprint density at radius 1 is 1.16 bits per heavy atom. The lowest BCUT2D eigenvalue weighted by Crippen LogP contribution is -2.22.